The molecule has 4 heteroatoms. The van der Waals surface area contributed by atoms with E-state index in [0.29, 0.717) is 0 Å². The summed E-state index contributed by atoms with van der Waals surface area (Å²) in [6.07, 6.45) is 1.15. The van der Waals surface area contributed by atoms with Crippen LogP contribution in [0.4, 0.5) is 0 Å². The van der Waals surface area contributed by atoms with Crippen molar-refractivity contribution in [1.29, 1.82) is 0 Å². The Labute approximate surface area is 119 Å². The van der Waals surface area contributed by atoms with Crippen LogP contribution in [0.5, 0.6) is 0 Å². The number of rotatable bonds is 4. The van der Waals surface area contributed by atoms with Crippen LogP contribution in [0.2, 0.25) is 0 Å². The zero-order valence-electron chi connectivity index (χ0n) is 12.0. The second-order valence-electron chi connectivity index (χ2n) is 5.24. The highest BCUT2D eigenvalue weighted by Gasteiger charge is 2.20. The molecule has 1 aliphatic heterocycles. The third kappa shape index (κ3) is 2.62. The Morgan fingerprint density at radius 1 is 1.30 bits per heavy atom. The first kappa shape index (κ1) is 13.3. The number of hydrogen-bond donors (Lipinski definition) is 1. The quantitative estimate of drug-likeness (QED) is 0.929. The number of fused-ring (bicyclic) bond motifs is 1. The number of benzene rings is 1. The van der Waals surface area contributed by atoms with Crippen molar-refractivity contribution in [2.45, 2.75) is 32.9 Å². The van der Waals surface area contributed by atoms with Gasteiger partial charge in [0.2, 0.25) is 0 Å². The van der Waals surface area contributed by atoms with Gasteiger partial charge in [-0.1, -0.05) is 29.4 Å². The third-order valence-electron chi connectivity index (χ3n) is 3.91. The Balaban J connectivity index is 1.63. The minimum atomic E-state index is 0.139. The van der Waals surface area contributed by atoms with E-state index in [4.69, 9.17) is 9.26 Å². The van der Waals surface area contributed by atoms with Crippen LogP contribution in [0.3, 0.4) is 0 Å². The molecule has 0 unspecified atom stereocenters. The van der Waals surface area contributed by atoms with Gasteiger partial charge >= 0.3 is 0 Å². The Hall–Kier alpha value is -1.65. The fraction of sp³-hybridized carbons (Fsp3) is 0.438. The van der Waals surface area contributed by atoms with Crippen LogP contribution < -0.4 is 5.32 Å². The molecule has 0 saturated carbocycles. The summed E-state index contributed by atoms with van der Waals surface area (Å²) in [5.41, 5.74) is 4.82. The van der Waals surface area contributed by atoms with Crippen LogP contribution >= 0.6 is 0 Å². The zero-order valence-corrected chi connectivity index (χ0v) is 12.0. The fourth-order valence-corrected chi connectivity index (χ4v) is 2.73. The fourth-order valence-electron chi connectivity index (χ4n) is 2.73. The van der Waals surface area contributed by atoms with E-state index in [-0.39, 0.29) is 6.10 Å². The van der Waals surface area contributed by atoms with Crippen molar-refractivity contribution < 1.29 is 9.26 Å². The second kappa shape index (κ2) is 5.77. The standard InChI is InChI=1S/C16H20N2O2/c1-11-15(12(2)20-18-11)9-17-10-16-14-6-4-3-5-13(14)7-8-19-16/h3-6,16-17H,7-10H2,1-2H3/t16-/m1/s1. The summed E-state index contributed by atoms with van der Waals surface area (Å²) in [4.78, 5) is 0. The maximum atomic E-state index is 5.88. The molecule has 1 aliphatic rings. The van der Waals surface area contributed by atoms with Gasteiger partial charge in [0.05, 0.1) is 18.4 Å². The Morgan fingerprint density at radius 2 is 2.15 bits per heavy atom. The van der Waals surface area contributed by atoms with E-state index in [0.717, 1.165) is 43.1 Å². The maximum absolute atomic E-state index is 5.88. The van der Waals surface area contributed by atoms with E-state index in [1.807, 2.05) is 13.8 Å². The smallest absolute Gasteiger partial charge is 0.138 e. The molecule has 2 aromatic rings. The summed E-state index contributed by atoms with van der Waals surface area (Å²) < 4.78 is 11.1. The monoisotopic (exact) mass is 272 g/mol. The van der Waals surface area contributed by atoms with Crippen molar-refractivity contribution >= 4 is 0 Å². The highest BCUT2D eigenvalue weighted by molar-refractivity contribution is 5.31. The van der Waals surface area contributed by atoms with E-state index < -0.39 is 0 Å². The predicted molar refractivity (Wildman–Crippen MR) is 76.5 cm³/mol. The normalized spacial score (nSPS) is 18.0. The van der Waals surface area contributed by atoms with Gasteiger partial charge in [0.15, 0.2) is 0 Å². The van der Waals surface area contributed by atoms with E-state index in [9.17, 15) is 0 Å². The van der Waals surface area contributed by atoms with Crippen molar-refractivity contribution in [2.24, 2.45) is 0 Å². The number of aromatic nitrogens is 1. The molecular formula is C16H20N2O2. The van der Waals surface area contributed by atoms with E-state index in [1.54, 1.807) is 0 Å². The van der Waals surface area contributed by atoms with Crippen LogP contribution in [-0.4, -0.2) is 18.3 Å². The predicted octanol–water partition coefficient (Wildman–Crippen LogP) is 2.70. The SMILES string of the molecule is Cc1noc(C)c1CNC[C@H]1OCCc2ccccc21. The molecule has 1 aromatic heterocycles. The van der Waals surface area contributed by atoms with Crippen LogP contribution in [0, 0.1) is 13.8 Å². The van der Waals surface area contributed by atoms with Gasteiger partial charge in [0.1, 0.15) is 5.76 Å². The number of hydrogen-bond acceptors (Lipinski definition) is 4. The Bertz CT molecular complexity index is 572. The average molecular weight is 272 g/mol. The lowest BCUT2D eigenvalue weighted by Crippen LogP contribution is -2.27. The third-order valence-corrected chi connectivity index (χ3v) is 3.91. The van der Waals surface area contributed by atoms with Crippen LogP contribution in [0.15, 0.2) is 28.8 Å². The first-order valence-corrected chi connectivity index (χ1v) is 7.07. The molecule has 0 aliphatic carbocycles. The van der Waals surface area contributed by atoms with Gasteiger partial charge < -0.3 is 14.6 Å². The van der Waals surface area contributed by atoms with Crippen molar-refractivity contribution in [1.82, 2.24) is 10.5 Å². The molecule has 20 heavy (non-hydrogen) atoms. The number of ether oxygens (including phenoxy) is 1. The zero-order chi connectivity index (χ0) is 13.9. The molecule has 106 valence electrons. The summed E-state index contributed by atoms with van der Waals surface area (Å²) in [5, 5.41) is 7.43. The lowest BCUT2D eigenvalue weighted by Gasteiger charge is -2.26. The largest absolute Gasteiger partial charge is 0.372 e. The van der Waals surface area contributed by atoms with Gasteiger partial charge in [0, 0.05) is 18.7 Å². The molecule has 0 saturated heterocycles. The van der Waals surface area contributed by atoms with Crippen molar-refractivity contribution in [3.05, 3.63) is 52.4 Å². The van der Waals surface area contributed by atoms with Crippen LogP contribution in [0.1, 0.15) is 34.2 Å². The average Bonchev–Trinajstić information content (AvgIpc) is 2.79. The summed E-state index contributed by atoms with van der Waals surface area (Å²) in [6, 6.07) is 8.53. The number of nitrogens with one attached hydrogen (secondary N) is 1. The second-order valence-corrected chi connectivity index (χ2v) is 5.24. The Kier molecular flexibility index (Phi) is 3.85. The number of aryl methyl sites for hydroxylation is 2. The molecule has 1 aromatic carbocycles. The molecule has 0 fully saturated rings. The molecule has 0 radical (unpaired) electrons. The lowest BCUT2D eigenvalue weighted by atomic mass is 9.97. The number of nitrogens with zero attached hydrogens (tertiary/aromatic N) is 1. The first-order chi connectivity index (χ1) is 9.75. The minimum absolute atomic E-state index is 0.139. The van der Waals surface area contributed by atoms with E-state index in [2.05, 4.69) is 34.7 Å². The maximum Gasteiger partial charge on any atom is 0.138 e. The molecule has 4 nitrogen and oxygen atoms in total. The topological polar surface area (TPSA) is 47.3 Å². The lowest BCUT2D eigenvalue weighted by molar-refractivity contribution is 0.0423. The van der Waals surface area contributed by atoms with E-state index >= 15 is 0 Å². The minimum Gasteiger partial charge on any atom is -0.372 e. The molecule has 3 rings (SSSR count). The molecule has 0 spiro atoms. The highest BCUT2D eigenvalue weighted by Crippen LogP contribution is 2.26. The molecule has 0 bridgehead atoms. The molecule has 1 N–H and O–H groups in total. The van der Waals surface area contributed by atoms with Gasteiger partial charge in [-0.15, -0.1) is 0 Å². The molecule has 2 heterocycles. The van der Waals surface area contributed by atoms with Crippen LogP contribution in [0.25, 0.3) is 0 Å². The van der Waals surface area contributed by atoms with Gasteiger partial charge in [-0.3, -0.25) is 0 Å². The first-order valence-electron chi connectivity index (χ1n) is 7.07. The van der Waals surface area contributed by atoms with Gasteiger partial charge in [-0.2, -0.15) is 0 Å². The van der Waals surface area contributed by atoms with Crippen molar-refractivity contribution in [3.8, 4) is 0 Å². The van der Waals surface area contributed by atoms with E-state index in [1.165, 1.54) is 11.1 Å². The summed E-state index contributed by atoms with van der Waals surface area (Å²) in [6.45, 7) is 6.29. The molecular weight excluding hydrogens is 252 g/mol. The Morgan fingerprint density at radius 3 is 2.95 bits per heavy atom. The summed E-state index contributed by atoms with van der Waals surface area (Å²) >= 11 is 0. The van der Waals surface area contributed by atoms with Gasteiger partial charge in [-0.05, 0) is 31.4 Å². The van der Waals surface area contributed by atoms with Gasteiger partial charge in [0.25, 0.3) is 0 Å². The highest BCUT2D eigenvalue weighted by atomic mass is 16.5. The molecule has 0 amide bonds. The van der Waals surface area contributed by atoms with Gasteiger partial charge in [-0.25, -0.2) is 0 Å². The summed E-state index contributed by atoms with van der Waals surface area (Å²) in [5.74, 6) is 0.889. The summed E-state index contributed by atoms with van der Waals surface area (Å²) in [7, 11) is 0. The van der Waals surface area contributed by atoms with Crippen molar-refractivity contribution in [3.63, 3.8) is 0 Å². The van der Waals surface area contributed by atoms with Crippen LogP contribution in [-0.2, 0) is 17.7 Å². The molecule has 1 atom stereocenters. The van der Waals surface area contributed by atoms with Crippen molar-refractivity contribution in [2.75, 3.05) is 13.2 Å².